The van der Waals surface area contributed by atoms with Crippen molar-refractivity contribution in [2.24, 2.45) is 0 Å². The lowest BCUT2D eigenvalue weighted by Gasteiger charge is -2.31. The quantitative estimate of drug-likeness (QED) is 0.846. The topological polar surface area (TPSA) is 66.5 Å². The first kappa shape index (κ1) is 17.2. The monoisotopic (exact) mass is 316 g/mol. The highest BCUT2D eigenvalue weighted by atomic mass is 16.2. The smallest absolute Gasteiger partial charge is 0.220 e. The van der Waals surface area contributed by atoms with Crippen molar-refractivity contribution in [3.63, 3.8) is 0 Å². The predicted octanol–water partition coefficient (Wildman–Crippen LogP) is 2.09. The van der Waals surface area contributed by atoms with Crippen LogP contribution in [0.3, 0.4) is 0 Å². The highest BCUT2D eigenvalue weighted by Crippen LogP contribution is 2.11. The van der Waals surface area contributed by atoms with Crippen LogP contribution in [0.4, 0.5) is 0 Å². The molecule has 1 N–H and O–H groups in total. The van der Waals surface area contributed by atoms with E-state index in [-0.39, 0.29) is 36.5 Å². The van der Waals surface area contributed by atoms with E-state index in [9.17, 15) is 14.4 Å². The van der Waals surface area contributed by atoms with Gasteiger partial charge in [-0.05, 0) is 19.8 Å². The molecule has 0 atom stereocenters. The van der Waals surface area contributed by atoms with E-state index >= 15 is 0 Å². The largest absolute Gasteiger partial charge is 0.353 e. The summed E-state index contributed by atoms with van der Waals surface area (Å²) in [5.41, 5.74) is 1.76. The molecular weight excluding hydrogens is 292 g/mol. The van der Waals surface area contributed by atoms with Gasteiger partial charge in [-0.25, -0.2) is 0 Å². The number of hydrogen-bond donors (Lipinski definition) is 1. The van der Waals surface area contributed by atoms with Crippen LogP contribution in [0.15, 0.2) is 24.3 Å². The third-order valence-corrected chi connectivity index (χ3v) is 4.26. The van der Waals surface area contributed by atoms with E-state index in [0.717, 1.165) is 18.4 Å². The molecule has 0 bridgehead atoms. The third-order valence-electron chi connectivity index (χ3n) is 4.26. The fraction of sp³-hybridized carbons (Fsp3) is 0.500. The zero-order chi connectivity index (χ0) is 16.8. The van der Waals surface area contributed by atoms with Crippen molar-refractivity contribution in [2.45, 2.75) is 45.6 Å². The molecule has 2 amide bonds. The molecule has 0 spiro atoms. The molecule has 1 aromatic rings. The summed E-state index contributed by atoms with van der Waals surface area (Å²) in [5, 5.41) is 2.97. The maximum absolute atomic E-state index is 12.0. The number of carbonyl (C=O) groups is 3. The van der Waals surface area contributed by atoms with E-state index in [2.05, 4.69) is 5.32 Å². The molecule has 0 aliphatic carbocycles. The van der Waals surface area contributed by atoms with Gasteiger partial charge in [0.2, 0.25) is 11.8 Å². The van der Waals surface area contributed by atoms with Crippen LogP contribution in [0.25, 0.3) is 0 Å². The Balaban J connectivity index is 1.72. The summed E-state index contributed by atoms with van der Waals surface area (Å²) in [4.78, 5) is 37.1. The van der Waals surface area contributed by atoms with E-state index in [1.54, 1.807) is 24.0 Å². The number of rotatable bonds is 5. The van der Waals surface area contributed by atoms with Crippen LogP contribution in [0, 0.1) is 6.92 Å². The molecular formula is C18H24N2O3. The van der Waals surface area contributed by atoms with E-state index in [1.165, 1.54) is 0 Å². The van der Waals surface area contributed by atoms with E-state index in [1.807, 2.05) is 19.1 Å². The summed E-state index contributed by atoms with van der Waals surface area (Å²) in [6.45, 7) is 4.90. The number of Topliss-reactive ketones (excluding diaryl/α,β-unsaturated/α-hetero) is 1. The number of piperidine rings is 1. The molecule has 5 nitrogen and oxygen atoms in total. The van der Waals surface area contributed by atoms with Gasteiger partial charge in [-0.3, -0.25) is 14.4 Å². The minimum Gasteiger partial charge on any atom is -0.353 e. The number of amides is 2. The molecule has 1 heterocycles. The third kappa shape index (κ3) is 5.20. The molecule has 2 rings (SSSR count). The number of carbonyl (C=O) groups excluding carboxylic acids is 3. The number of nitrogens with one attached hydrogen (secondary N) is 1. The standard InChI is InChI=1S/C18H24N2O3/c1-13-3-5-15(6-4-13)17(22)7-8-18(23)19-16-9-11-20(12-10-16)14(2)21/h3-6,16H,7-12H2,1-2H3,(H,19,23). The number of nitrogens with zero attached hydrogens (tertiary/aromatic N) is 1. The lowest BCUT2D eigenvalue weighted by Crippen LogP contribution is -2.46. The number of aryl methyl sites for hydroxylation is 1. The summed E-state index contributed by atoms with van der Waals surface area (Å²) in [7, 11) is 0. The van der Waals surface area contributed by atoms with Crippen molar-refractivity contribution in [1.29, 1.82) is 0 Å². The van der Waals surface area contributed by atoms with Crippen molar-refractivity contribution < 1.29 is 14.4 Å². The van der Waals surface area contributed by atoms with Gasteiger partial charge in [0.1, 0.15) is 0 Å². The van der Waals surface area contributed by atoms with Crippen molar-refractivity contribution in [1.82, 2.24) is 10.2 Å². The summed E-state index contributed by atoms with van der Waals surface area (Å²) >= 11 is 0. The molecule has 1 fully saturated rings. The van der Waals surface area contributed by atoms with Crippen LogP contribution in [0.1, 0.15) is 48.5 Å². The van der Waals surface area contributed by atoms with Crippen molar-refractivity contribution in [3.05, 3.63) is 35.4 Å². The van der Waals surface area contributed by atoms with E-state index in [4.69, 9.17) is 0 Å². The lowest BCUT2D eigenvalue weighted by molar-refractivity contribution is -0.130. The predicted molar refractivity (Wildman–Crippen MR) is 88.2 cm³/mol. The first-order chi connectivity index (χ1) is 11.0. The van der Waals surface area contributed by atoms with Gasteiger partial charge in [0, 0.05) is 44.5 Å². The molecule has 0 radical (unpaired) electrons. The molecule has 1 aromatic carbocycles. The minimum atomic E-state index is -0.0910. The molecule has 124 valence electrons. The molecule has 23 heavy (non-hydrogen) atoms. The Hall–Kier alpha value is -2.17. The lowest BCUT2D eigenvalue weighted by atomic mass is 10.0. The van der Waals surface area contributed by atoms with Crippen LogP contribution >= 0.6 is 0 Å². The Morgan fingerprint density at radius 1 is 1.09 bits per heavy atom. The van der Waals surface area contributed by atoms with E-state index < -0.39 is 0 Å². The second kappa shape index (κ2) is 7.90. The summed E-state index contributed by atoms with van der Waals surface area (Å²) in [6, 6.07) is 7.50. The summed E-state index contributed by atoms with van der Waals surface area (Å²) in [6.07, 6.45) is 1.98. The van der Waals surface area contributed by atoms with Crippen LogP contribution in [-0.2, 0) is 9.59 Å². The molecule has 0 aromatic heterocycles. The molecule has 0 saturated carbocycles. The van der Waals surface area contributed by atoms with Gasteiger partial charge in [-0.2, -0.15) is 0 Å². The molecule has 1 aliphatic heterocycles. The number of benzene rings is 1. The second-order valence-electron chi connectivity index (χ2n) is 6.14. The van der Waals surface area contributed by atoms with Crippen LogP contribution in [0.2, 0.25) is 0 Å². The number of hydrogen-bond acceptors (Lipinski definition) is 3. The van der Waals surface area contributed by atoms with Gasteiger partial charge in [-0.1, -0.05) is 29.8 Å². The van der Waals surface area contributed by atoms with Gasteiger partial charge in [-0.15, -0.1) is 0 Å². The summed E-state index contributed by atoms with van der Waals surface area (Å²) < 4.78 is 0. The normalized spacial score (nSPS) is 15.3. The average Bonchev–Trinajstić information content (AvgIpc) is 2.54. The Morgan fingerprint density at radius 2 is 1.70 bits per heavy atom. The van der Waals surface area contributed by atoms with Crippen LogP contribution < -0.4 is 5.32 Å². The molecule has 1 saturated heterocycles. The maximum atomic E-state index is 12.0. The highest BCUT2D eigenvalue weighted by molar-refractivity contribution is 5.98. The number of likely N-dealkylation sites (tertiary alicyclic amines) is 1. The first-order valence-corrected chi connectivity index (χ1v) is 8.10. The Kier molecular flexibility index (Phi) is 5.90. The maximum Gasteiger partial charge on any atom is 0.220 e. The minimum absolute atomic E-state index is 0.00783. The Labute approximate surface area is 137 Å². The second-order valence-corrected chi connectivity index (χ2v) is 6.14. The van der Waals surface area contributed by atoms with Crippen molar-refractivity contribution in [3.8, 4) is 0 Å². The van der Waals surface area contributed by atoms with Gasteiger partial charge in [0.15, 0.2) is 5.78 Å². The average molecular weight is 316 g/mol. The SMILES string of the molecule is CC(=O)N1CCC(NC(=O)CCC(=O)c2ccc(C)cc2)CC1. The molecule has 0 unspecified atom stereocenters. The fourth-order valence-corrected chi connectivity index (χ4v) is 2.75. The van der Waals surface area contributed by atoms with Gasteiger partial charge in [0.25, 0.3) is 0 Å². The van der Waals surface area contributed by atoms with Crippen molar-refractivity contribution in [2.75, 3.05) is 13.1 Å². The molecule has 1 aliphatic rings. The zero-order valence-corrected chi connectivity index (χ0v) is 13.8. The number of ketones is 1. The van der Waals surface area contributed by atoms with Gasteiger partial charge in [0.05, 0.1) is 0 Å². The zero-order valence-electron chi connectivity index (χ0n) is 13.8. The van der Waals surface area contributed by atoms with Crippen LogP contribution in [0.5, 0.6) is 0 Å². The Bertz CT molecular complexity index is 572. The van der Waals surface area contributed by atoms with Crippen LogP contribution in [-0.4, -0.2) is 41.6 Å². The molecule has 5 heteroatoms. The Morgan fingerprint density at radius 3 is 2.26 bits per heavy atom. The van der Waals surface area contributed by atoms with E-state index in [0.29, 0.717) is 18.7 Å². The van der Waals surface area contributed by atoms with Gasteiger partial charge < -0.3 is 10.2 Å². The fourth-order valence-electron chi connectivity index (χ4n) is 2.75. The van der Waals surface area contributed by atoms with Gasteiger partial charge >= 0.3 is 0 Å². The summed E-state index contributed by atoms with van der Waals surface area (Å²) in [5.74, 6) is -0.0169. The first-order valence-electron chi connectivity index (χ1n) is 8.10. The van der Waals surface area contributed by atoms with Crippen molar-refractivity contribution >= 4 is 17.6 Å². The highest BCUT2D eigenvalue weighted by Gasteiger charge is 2.22.